The zero-order valence-electron chi connectivity index (χ0n) is 7.34. The molecule has 0 aromatic carbocycles. The van der Waals surface area contributed by atoms with Crippen molar-refractivity contribution in [2.75, 3.05) is 26.7 Å². The number of nitrogens with zero attached hydrogens (tertiary/aromatic N) is 1. The van der Waals surface area contributed by atoms with Gasteiger partial charge in [0.25, 0.3) is 0 Å². The summed E-state index contributed by atoms with van der Waals surface area (Å²) in [5, 5.41) is 0. The first kappa shape index (κ1) is 7.56. The molecular formula is C9H18N2. The van der Waals surface area contributed by atoms with Crippen molar-refractivity contribution in [2.45, 2.75) is 19.3 Å². The lowest BCUT2D eigenvalue weighted by atomic mass is 9.63. The minimum absolute atomic E-state index is 0.656. The number of hydrogen-bond donors (Lipinski definition) is 1. The molecule has 2 N–H and O–H groups in total. The largest absolute Gasteiger partial charge is 0.330 e. The Balaban J connectivity index is 2.07. The second-order valence-corrected chi connectivity index (χ2v) is 4.35. The van der Waals surface area contributed by atoms with E-state index in [9.17, 15) is 0 Å². The lowest BCUT2D eigenvalue weighted by molar-refractivity contribution is 0.0962. The van der Waals surface area contributed by atoms with Crippen LogP contribution in [0.5, 0.6) is 0 Å². The molecule has 2 aliphatic rings. The molecule has 11 heavy (non-hydrogen) atoms. The van der Waals surface area contributed by atoms with Gasteiger partial charge in [-0.1, -0.05) is 6.42 Å². The standard InChI is InChI=1S/C9H18N2/c1-11-6-8(5-10)9(7-11)3-2-4-9/h8H,2-7,10H2,1H3. The summed E-state index contributed by atoms with van der Waals surface area (Å²) in [4.78, 5) is 2.44. The van der Waals surface area contributed by atoms with Crippen molar-refractivity contribution >= 4 is 0 Å². The minimum atomic E-state index is 0.656. The Kier molecular flexibility index (Phi) is 1.69. The van der Waals surface area contributed by atoms with Crippen LogP contribution in [-0.2, 0) is 0 Å². The molecule has 0 radical (unpaired) electrons. The van der Waals surface area contributed by atoms with Crippen LogP contribution in [0.3, 0.4) is 0 Å². The summed E-state index contributed by atoms with van der Waals surface area (Å²) >= 11 is 0. The third-order valence-corrected chi connectivity index (χ3v) is 3.62. The maximum Gasteiger partial charge on any atom is 0.00387 e. The van der Waals surface area contributed by atoms with E-state index < -0.39 is 0 Å². The molecule has 0 bridgehead atoms. The van der Waals surface area contributed by atoms with Crippen LogP contribution in [0.15, 0.2) is 0 Å². The highest BCUT2D eigenvalue weighted by molar-refractivity contribution is 5.00. The van der Waals surface area contributed by atoms with Gasteiger partial charge in [0.15, 0.2) is 0 Å². The molecule has 1 atom stereocenters. The SMILES string of the molecule is CN1CC(CN)C2(CCC2)C1. The normalized spacial score (nSPS) is 36.0. The van der Waals surface area contributed by atoms with Crippen molar-refractivity contribution in [1.82, 2.24) is 4.90 Å². The van der Waals surface area contributed by atoms with Crippen LogP contribution in [0.1, 0.15) is 19.3 Å². The summed E-state index contributed by atoms with van der Waals surface area (Å²) in [7, 11) is 2.22. The second-order valence-electron chi connectivity index (χ2n) is 4.35. The van der Waals surface area contributed by atoms with Gasteiger partial charge in [0.05, 0.1) is 0 Å². The molecule has 0 aromatic rings. The molecule has 1 saturated heterocycles. The van der Waals surface area contributed by atoms with E-state index in [1.807, 2.05) is 0 Å². The van der Waals surface area contributed by atoms with Crippen molar-refractivity contribution < 1.29 is 0 Å². The molecule has 2 fully saturated rings. The second kappa shape index (κ2) is 2.46. The van der Waals surface area contributed by atoms with Crippen LogP contribution in [0.2, 0.25) is 0 Å². The monoisotopic (exact) mass is 154 g/mol. The molecule has 2 nitrogen and oxygen atoms in total. The topological polar surface area (TPSA) is 29.3 Å². The Morgan fingerprint density at radius 2 is 2.27 bits per heavy atom. The van der Waals surface area contributed by atoms with Crippen LogP contribution in [0.25, 0.3) is 0 Å². The van der Waals surface area contributed by atoms with Gasteiger partial charge in [-0.2, -0.15) is 0 Å². The Labute approximate surface area is 68.7 Å². The number of likely N-dealkylation sites (tertiary alicyclic amines) is 1. The van der Waals surface area contributed by atoms with Crippen LogP contribution < -0.4 is 5.73 Å². The van der Waals surface area contributed by atoms with Gasteiger partial charge in [0.1, 0.15) is 0 Å². The quantitative estimate of drug-likeness (QED) is 0.601. The molecule has 0 amide bonds. The van der Waals surface area contributed by atoms with Gasteiger partial charge in [-0.05, 0) is 37.8 Å². The fraction of sp³-hybridized carbons (Fsp3) is 1.00. The van der Waals surface area contributed by atoms with Crippen LogP contribution in [0, 0.1) is 11.3 Å². The van der Waals surface area contributed by atoms with Crippen molar-refractivity contribution in [3.63, 3.8) is 0 Å². The highest BCUT2D eigenvalue weighted by Crippen LogP contribution is 2.50. The summed E-state index contributed by atoms with van der Waals surface area (Å²) in [6.45, 7) is 3.43. The summed E-state index contributed by atoms with van der Waals surface area (Å²) in [5.41, 5.74) is 6.41. The van der Waals surface area contributed by atoms with Gasteiger partial charge in [0, 0.05) is 13.1 Å². The molecule has 64 valence electrons. The van der Waals surface area contributed by atoms with Crippen LogP contribution >= 0.6 is 0 Å². The predicted molar refractivity (Wildman–Crippen MR) is 46.3 cm³/mol. The zero-order valence-corrected chi connectivity index (χ0v) is 7.34. The maximum atomic E-state index is 5.75. The molecule has 2 heteroatoms. The van der Waals surface area contributed by atoms with Crippen molar-refractivity contribution in [3.8, 4) is 0 Å². The Bertz CT molecular complexity index is 152. The van der Waals surface area contributed by atoms with Crippen molar-refractivity contribution in [1.29, 1.82) is 0 Å². The van der Waals surface area contributed by atoms with Crippen molar-refractivity contribution in [2.24, 2.45) is 17.1 Å². The summed E-state index contributed by atoms with van der Waals surface area (Å²) in [5.74, 6) is 0.793. The first-order valence-electron chi connectivity index (χ1n) is 4.65. The van der Waals surface area contributed by atoms with Crippen molar-refractivity contribution in [3.05, 3.63) is 0 Å². The van der Waals surface area contributed by atoms with E-state index in [4.69, 9.17) is 5.73 Å². The van der Waals surface area contributed by atoms with E-state index in [-0.39, 0.29) is 0 Å². The van der Waals surface area contributed by atoms with Gasteiger partial charge in [-0.25, -0.2) is 0 Å². The number of nitrogens with two attached hydrogens (primary N) is 1. The third kappa shape index (κ3) is 1.00. The van der Waals surface area contributed by atoms with Gasteiger partial charge in [-0.3, -0.25) is 0 Å². The summed E-state index contributed by atoms with van der Waals surface area (Å²) < 4.78 is 0. The fourth-order valence-electron chi connectivity index (χ4n) is 2.82. The van der Waals surface area contributed by atoms with Gasteiger partial charge < -0.3 is 10.6 Å². The summed E-state index contributed by atoms with van der Waals surface area (Å²) in [6.07, 6.45) is 4.29. The smallest absolute Gasteiger partial charge is 0.00387 e. The molecule has 1 aliphatic heterocycles. The van der Waals surface area contributed by atoms with E-state index in [1.165, 1.54) is 32.4 Å². The average molecular weight is 154 g/mol. The minimum Gasteiger partial charge on any atom is -0.330 e. The molecule has 0 aromatic heterocycles. The zero-order chi connectivity index (χ0) is 7.90. The van der Waals surface area contributed by atoms with E-state index in [2.05, 4.69) is 11.9 Å². The number of rotatable bonds is 1. The molecular weight excluding hydrogens is 136 g/mol. The fourth-order valence-corrected chi connectivity index (χ4v) is 2.82. The maximum absolute atomic E-state index is 5.75. The first-order valence-corrected chi connectivity index (χ1v) is 4.65. The highest BCUT2D eigenvalue weighted by atomic mass is 15.1. The Hall–Kier alpha value is -0.0800. The van der Waals surface area contributed by atoms with E-state index in [1.54, 1.807) is 0 Å². The van der Waals surface area contributed by atoms with E-state index >= 15 is 0 Å². The van der Waals surface area contributed by atoms with Gasteiger partial charge in [-0.15, -0.1) is 0 Å². The molecule has 1 spiro atoms. The van der Waals surface area contributed by atoms with E-state index in [0.29, 0.717) is 5.41 Å². The Morgan fingerprint density at radius 3 is 2.64 bits per heavy atom. The predicted octanol–water partition coefficient (Wildman–Crippen LogP) is 0.677. The summed E-state index contributed by atoms with van der Waals surface area (Å²) in [6, 6.07) is 0. The Morgan fingerprint density at radius 1 is 1.55 bits per heavy atom. The third-order valence-electron chi connectivity index (χ3n) is 3.62. The average Bonchev–Trinajstić information content (AvgIpc) is 2.25. The first-order chi connectivity index (χ1) is 5.27. The molecule has 1 unspecified atom stereocenters. The highest BCUT2D eigenvalue weighted by Gasteiger charge is 2.48. The molecule has 1 heterocycles. The molecule has 1 saturated carbocycles. The molecule has 2 rings (SSSR count). The lowest BCUT2D eigenvalue weighted by Gasteiger charge is -2.42. The molecule has 1 aliphatic carbocycles. The van der Waals surface area contributed by atoms with Crippen LogP contribution in [0.4, 0.5) is 0 Å². The van der Waals surface area contributed by atoms with Crippen LogP contribution in [-0.4, -0.2) is 31.6 Å². The lowest BCUT2D eigenvalue weighted by Crippen LogP contribution is -2.40. The van der Waals surface area contributed by atoms with E-state index in [0.717, 1.165) is 12.5 Å². The van der Waals surface area contributed by atoms with Gasteiger partial charge >= 0.3 is 0 Å². The number of hydrogen-bond acceptors (Lipinski definition) is 2. The van der Waals surface area contributed by atoms with Gasteiger partial charge in [0.2, 0.25) is 0 Å².